The summed E-state index contributed by atoms with van der Waals surface area (Å²) in [5.41, 5.74) is 4.63. The first-order valence-corrected chi connectivity index (χ1v) is 6.49. The number of nitrogen functional groups attached to an aromatic ring is 1. The van der Waals surface area contributed by atoms with Gasteiger partial charge in [0, 0.05) is 25.3 Å². The van der Waals surface area contributed by atoms with Gasteiger partial charge in [-0.15, -0.1) is 0 Å². The van der Waals surface area contributed by atoms with Gasteiger partial charge in [0.05, 0.1) is 11.4 Å². The molecule has 5 nitrogen and oxygen atoms in total. The molecule has 0 spiro atoms. The van der Waals surface area contributed by atoms with E-state index in [9.17, 15) is 0 Å². The smallest absolute Gasteiger partial charge is 0.0564 e. The first-order valence-electron chi connectivity index (χ1n) is 6.49. The minimum atomic E-state index is 0.625. The highest BCUT2D eigenvalue weighted by Crippen LogP contribution is 2.16. The van der Waals surface area contributed by atoms with E-state index in [0.717, 1.165) is 24.5 Å². The van der Waals surface area contributed by atoms with Crippen molar-refractivity contribution in [3.63, 3.8) is 0 Å². The number of hydrogen-bond acceptors (Lipinski definition) is 5. The predicted molar refractivity (Wildman–Crippen MR) is 74.0 cm³/mol. The lowest BCUT2D eigenvalue weighted by Crippen LogP contribution is -2.44. The number of aromatic nitrogens is 1. The molecule has 1 aliphatic rings. The summed E-state index contributed by atoms with van der Waals surface area (Å²) in [6.07, 6.45) is 4.35. The number of likely N-dealkylation sites (tertiary alicyclic amines) is 1. The van der Waals surface area contributed by atoms with Crippen molar-refractivity contribution in [2.45, 2.75) is 25.4 Å². The molecule has 1 atom stereocenters. The third kappa shape index (κ3) is 3.41. The third-order valence-corrected chi connectivity index (χ3v) is 3.62. The molecule has 1 unspecified atom stereocenters. The Morgan fingerprint density at radius 2 is 2.44 bits per heavy atom. The van der Waals surface area contributed by atoms with Crippen LogP contribution in [0.15, 0.2) is 18.3 Å². The molecule has 5 heteroatoms. The van der Waals surface area contributed by atoms with E-state index in [-0.39, 0.29) is 0 Å². The molecule has 0 radical (unpaired) electrons. The first-order chi connectivity index (χ1) is 8.69. The van der Waals surface area contributed by atoms with Gasteiger partial charge < -0.3 is 10.3 Å². The molecule has 1 aromatic rings. The zero-order chi connectivity index (χ0) is 13.0. The van der Waals surface area contributed by atoms with Crippen LogP contribution in [0.4, 0.5) is 5.69 Å². The van der Waals surface area contributed by atoms with Gasteiger partial charge in [-0.05, 0) is 45.6 Å². The van der Waals surface area contributed by atoms with Gasteiger partial charge in [-0.2, -0.15) is 0 Å². The highest BCUT2D eigenvalue weighted by molar-refractivity contribution is 5.41. The quantitative estimate of drug-likeness (QED) is 0.613. The maximum absolute atomic E-state index is 5.41. The van der Waals surface area contributed by atoms with Crippen molar-refractivity contribution in [2.75, 3.05) is 32.6 Å². The van der Waals surface area contributed by atoms with Gasteiger partial charge in [-0.3, -0.25) is 15.7 Å². The number of likely N-dealkylation sites (N-methyl/N-ethyl adjacent to an activating group) is 2. The average molecular weight is 249 g/mol. The number of hydrazine groups is 1. The number of pyridine rings is 1. The van der Waals surface area contributed by atoms with Gasteiger partial charge in [0.25, 0.3) is 0 Å². The van der Waals surface area contributed by atoms with Gasteiger partial charge in [0.1, 0.15) is 0 Å². The molecule has 18 heavy (non-hydrogen) atoms. The standard InChI is InChI=1S/C13H23N5/c1-17-7-3-4-13(10-17)18(2)9-12-8-11(16-14)5-6-15-12/h5-6,8,13H,3-4,7,9-10,14H2,1-2H3,(H,15,16). The van der Waals surface area contributed by atoms with E-state index in [1.807, 2.05) is 12.1 Å². The lowest BCUT2D eigenvalue weighted by molar-refractivity contribution is 0.128. The Bertz CT molecular complexity index is 381. The Hall–Kier alpha value is -1.17. The van der Waals surface area contributed by atoms with Crippen LogP contribution in [0.1, 0.15) is 18.5 Å². The fraction of sp³-hybridized carbons (Fsp3) is 0.615. The molecule has 1 aliphatic heterocycles. The van der Waals surface area contributed by atoms with E-state index in [1.54, 1.807) is 6.20 Å². The van der Waals surface area contributed by atoms with Crippen molar-refractivity contribution in [3.05, 3.63) is 24.0 Å². The van der Waals surface area contributed by atoms with Gasteiger partial charge in [-0.25, -0.2) is 0 Å². The zero-order valence-corrected chi connectivity index (χ0v) is 11.3. The maximum atomic E-state index is 5.41. The summed E-state index contributed by atoms with van der Waals surface area (Å²) in [5.74, 6) is 5.41. The molecule has 0 aliphatic carbocycles. The number of nitrogens with one attached hydrogen (secondary N) is 1. The molecule has 2 heterocycles. The number of nitrogens with zero attached hydrogens (tertiary/aromatic N) is 3. The molecule has 0 amide bonds. The average Bonchev–Trinajstić information content (AvgIpc) is 2.39. The van der Waals surface area contributed by atoms with Crippen LogP contribution in [0.25, 0.3) is 0 Å². The Morgan fingerprint density at radius 3 is 3.17 bits per heavy atom. The van der Waals surface area contributed by atoms with Crippen LogP contribution in [0.5, 0.6) is 0 Å². The van der Waals surface area contributed by atoms with E-state index < -0.39 is 0 Å². The van der Waals surface area contributed by atoms with Crippen LogP contribution in [0.3, 0.4) is 0 Å². The molecular weight excluding hydrogens is 226 g/mol. The molecule has 1 fully saturated rings. The Morgan fingerprint density at radius 1 is 1.61 bits per heavy atom. The van der Waals surface area contributed by atoms with E-state index in [4.69, 9.17) is 5.84 Å². The van der Waals surface area contributed by atoms with E-state index in [2.05, 4.69) is 34.3 Å². The largest absolute Gasteiger partial charge is 0.324 e. The highest BCUT2D eigenvalue weighted by Gasteiger charge is 2.21. The molecule has 3 N–H and O–H groups in total. The highest BCUT2D eigenvalue weighted by atomic mass is 15.2. The van der Waals surface area contributed by atoms with Gasteiger partial charge in [-0.1, -0.05) is 0 Å². The number of anilines is 1. The normalized spacial score (nSPS) is 21.2. The summed E-state index contributed by atoms with van der Waals surface area (Å²) in [4.78, 5) is 9.18. The summed E-state index contributed by atoms with van der Waals surface area (Å²) in [6.45, 7) is 3.23. The van der Waals surface area contributed by atoms with Crippen LogP contribution < -0.4 is 11.3 Å². The molecular formula is C13H23N5. The van der Waals surface area contributed by atoms with Crippen LogP contribution in [-0.2, 0) is 6.54 Å². The molecule has 0 aromatic carbocycles. The van der Waals surface area contributed by atoms with Crippen molar-refractivity contribution in [1.82, 2.24) is 14.8 Å². The van der Waals surface area contributed by atoms with Gasteiger partial charge in [0.2, 0.25) is 0 Å². The van der Waals surface area contributed by atoms with Crippen molar-refractivity contribution >= 4 is 5.69 Å². The fourth-order valence-corrected chi connectivity index (χ4v) is 2.54. The Balaban J connectivity index is 1.95. The van der Waals surface area contributed by atoms with Crippen LogP contribution in [-0.4, -0.2) is 48.0 Å². The Labute approximate surface area is 109 Å². The monoisotopic (exact) mass is 249 g/mol. The second kappa shape index (κ2) is 6.13. The van der Waals surface area contributed by atoms with E-state index in [0.29, 0.717) is 6.04 Å². The molecule has 100 valence electrons. The third-order valence-electron chi connectivity index (χ3n) is 3.62. The van der Waals surface area contributed by atoms with Crippen molar-refractivity contribution < 1.29 is 0 Å². The first kappa shape index (κ1) is 13.3. The maximum Gasteiger partial charge on any atom is 0.0564 e. The predicted octanol–water partition coefficient (Wildman–Crippen LogP) is 0.893. The topological polar surface area (TPSA) is 57.4 Å². The molecule has 2 rings (SSSR count). The second-order valence-electron chi connectivity index (χ2n) is 5.15. The summed E-state index contributed by atoms with van der Waals surface area (Å²) < 4.78 is 0. The van der Waals surface area contributed by atoms with Gasteiger partial charge in [0.15, 0.2) is 0 Å². The van der Waals surface area contributed by atoms with Crippen LogP contribution >= 0.6 is 0 Å². The minimum absolute atomic E-state index is 0.625. The summed E-state index contributed by atoms with van der Waals surface area (Å²) in [7, 11) is 4.37. The SMILES string of the molecule is CN1CCCC(N(C)Cc2cc(NN)ccn2)C1. The summed E-state index contributed by atoms with van der Waals surface area (Å²) in [6, 6.07) is 4.50. The Kier molecular flexibility index (Phi) is 4.52. The molecule has 0 bridgehead atoms. The number of hydrogen-bond donors (Lipinski definition) is 2. The fourth-order valence-electron chi connectivity index (χ4n) is 2.54. The van der Waals surface area contributed by atoms with E-state index >= 15 is 0 Å². The molecule has 1 saturated heterocycles. The van der Waals surface area contributed by atoms with Crippen LogP contribution in [0, 0.1) is 0 Å². The van der Waals surface area contributed by atoms with Crippen molar-refractivity contribution in [3.8, 4) is 0 Å². The lowest BCUT2D eigenvalue weighted by atomic mass is 10.0. The lowest BCUT2D eigenvalue weighted by Gasteiger charge is -2.35. The van der Waals surface area contributed by atoms with Gasteiger partial charge >= 0.3 is 0 Å². The molecule has 1 aromatic heterocycles. The number of nitrogens with two attached hydrogens (primary N) is 1. The number of rotatable bonds is 4. The van der Waals surface area contributed by atoms with Crippen molar-refractivity contribution in [1.29, 1.82) is 0 Å². The minimum Gasteiger partial charge on any atom is -0.324 e. The summed E-state index contributed by atoms with van der Waals surface area (Å²) >= 11 is 0. The summed E-state index contributed by atoms with van der Waals surface area (Å²) in [5, 5.41) is 0. The van der Waals surface area contributed by atoms with E-state index in [1.165, 1.54) is 19.4 Å². The number of piperidine rings is 1. The van der Waals surface area contributed by atoms with Crippen LogP contribution in [0.2, 0.25) is 0 Å². The second-order valence-corrected chi connectivity index (χ2v) is 5.15. The molecule has 0 saturated carbocycles. The van der Waals surface area contributed by atoms with Crippen molar-refractivity contribution in [2.24, 2.45) is 5.84 Å². The zero-order valence-electron chi connectivity index (χ0n) is 11.3.